The van der Waals surface area contributed by atoms with Crippen molar-refractivity contribution in [3.63, 3.8) is 0 Å². The number of ether oxygens (including phenoxy) is 1. The van der Waals surface area contributed by atoms with E-state index in [2.05, 4.69) is 5.10 Å². The molecule has 5 heteroatoms. The summed E-state index contributed by atoms with van der Waals surface area (Å²) in [6, 6.07) is 0. The topological polar surface area (TPSA) is 47.3 Å². The first-order chi connectivity index (χ1) is 8.27. The maximum atomic E-state index is 10.5. The Morgan fingerprint density at radius 2 is 2.47 bits per heavy atom. The van der Waals surface area contributed by atoms with E-state index in [1.165, 1.54) is 12.8 Å². The van der Waals surface area contributed by atoms with E-state index in [0.29, 0.717) is 5.75 Å². The number of aromatic nitrogens is 2. The fourth-order valence-electron chi connectivity index (χ4n) is 2.28. The molecule has 2 heterocycles. The molecule has 1 N–H and O–H groups in total. The number of aryl methyl sites for hydroxylation is 1. The molecular weight excluding hydrogens is 236 g/mol. The Morgan fingerprint density at radius 3 is 3.06 bits per heavy atom. The second kappa shape index (κ2) is 5.78. The fraction of sp³-hybridized carbons (Fsp3) is 0.750. The molecule has 1 aromatic rings. The van der Waals surface area contributed by atoms with Crippen LogP contribution >= 0.6 is 11.8 Å². The van der Waals surface area contributed by atoms with Crippen molar-refractivity contribution in [1.29, 1.82) is 0 Å². The van der Waals surface area contributed by atoms with Gasteiger partial charge in [0.15, 0.2) is 5.75 Å². The van der Waals surface area contributed by atoms with Gasteiger partial charge in [-0.2, -0.15) is 16.9 Å². The summed E-state index contributed by atoms with van der Waals surface area (Å²) in [6.07, 6.45) is 4.76. The summed E-state index contributed by atoms with van der Waals surface area (Å²) in [4.78, 5) is 0. The molecule has 0 aliphatic carbocycles. The number of methoxy groups -OCH3 is 1. The highest BCUT2D eigenvalue weighted by Gasteiger charge is 2.29. The first-order valence-electron chi connectivity index (χ1n) is 6.17. The molecule has 1 fully saturated rings. The van der Waals surface area contributed by atoms with Gasteiger partial charge in [0.2, 0.25) is 0 Å². The van der Waals surface area contributed by atoms with Crippen LogP contribution in [0.4, 0.5) is 0 Å². The van der Waals surface area contributed by atoms with E-state index in [1.54, 1.807) is 13.3 Å². The summed E-state index contributed by atoms with van der Waals surface area (Å²) in [6.45, 7) is 2.78. The molecule has 1 aliphatic heterocycles. The minimum absolute atomic E-state index is 0.277. The highest BCUT2D eigenvalue weighted by Crippen LogP contribution is 2.37. The fourth-order valence-corrected chi connectivity index (χ4v) is 3.59. The highest BCUT2D eigenvalue weighted by atomic mass is 32.2. The largest absolute Gasteiger partial charge is 0.493 e. The summed E-state index contributed by atoms with van der Waals surface area (Å²) in [7, 11) is 1.63. The van der Waals surface area contributed by atoms with Crippen LogP contribution in [0.3, 0.4) is 0 Å². The molecule has 1 saturated heterocycles. The van der Waals surface area contributed by atoms with Gasteiger partial charge in [-0.15, -0.1) is 0 Å². The quantitative estimate of drug-likeness (QED) is 0.897. The molecule has 96 valence electrons. The van der Waals surface area contributed by atoms with Crippen LogP contribution < -0.4 is 4.74 Å². The number of aliphatic hydroxyl groups excluding tert-OH is 1. The Hall–Kier alpha value is -0.680. The van der Waals surface area contributed by atoms with Crippen LogP contribution in [0.2, 0.25) is 0 Å². The molecule has 0 radical (unpaired) electrons. The van der Waals surface area contributed by atoms with Crippen molar-refractivity contribution in [3.05, 3.63) is 11.9 Å². The molecule has 1 aliphatic rings. The normalized spacial score (nSPS) is 22.4. The maximum Gasteiger partial charge on any atom is 0.162 e. The van der Waals surface area contributed by atoms with Crippen molar-refractivity contribution in [2.75, 3.05) is 12.9 Å². The Kier molecular flexibility index (Phi) is 4.34. The molecule has 0 saturated carbocycles. The predicted octanol–water partition coefficient (Wildman–Crippen LogP) is 2.23. The van der Waals surface area contributed by atoms with Crippen LogP contribution in [-0.4, -0.2) is 33.0 Å². The molecule has 0 amide bonds. The van der Waals surface area contributed by atoms with Crippen molar-refractivity contribution in [2.45, 2.75) is 44.1 Å². The number of aliphatic hydroxyl groups is 1. The molecule has 0 bridgehead atoms. The zero-order valence-corrected chi connectivity index (χ0v) is 11.2. The third kappa shape index (κ3) is 2.60. The minimum atomic E-state index is -0.474. The van der Waals surface area contributed by atoms with E-state index in [4.69, 9.17) is 4.74 Å². The number of hydrogen-bond donors (Lipinski definition) is 1. The molecule has 0 aromatic carbocycles. The second-order valence-corrected chi connectivity index (χ2v) is 5.61. The Morgan fingerprint density at radius 1 is 1.65 bits per heavy atom. The van der Waals surface area contributed by atoms with Crippen molar-refractivity contribution in [2.24, 2.45) is 0 Å². The Bertz CT molecular complexity index is 340. The molecule has 2 unspecified atom stereocenters. The number of rotatable bonds is 4. The molecule has 2 atom stereocenters. The molecule has 4 nitrogen and oxygen atoms in total. The summed E-state index contributed by atoms with van der Waals surface area (Å²) < 4.78 is 7.12. The van der Waals surface area contributed by atoms with Gasteiger partial charge in [-0.3, -0.25) is 4.68 Å². The van der Waals surface area contributed by atoms with Crippen LogP contribution in [0.25, 0.3) is 0 Å². The van der Waals surface area contributed by atoms with Crippen molar-refractivity contribution in [3.8, 4) is 5.75 Å². The van der Waals surface area contributed by atoms with E-state index in [0.717, 1.165) is 24.4 Å². The van der Waals surface area contributed by atoms with Gasteiger partial charge in [-0.25, -0.2) is 0 Å². The standard InChI is InChI=1S/C12H20N2O2S/c1-3-14-11(9(16-2)8-13-14)12(15)10-6-4-5-7-17-10/h8,10,12,15H,3-7H2,1-2H3. The van der Waals surface area contributed by atoms with Crippen LogP contribution in [0, 0.1) is 0 Å². The van der Waals surface area contributed by atoms with E-state index in [9.17, 15) is 5.11 Å². The number of hydrogen-bond acceptors (Lipinski definition) is 4. The second-order valence-electron chi connectivity index (χ2n) is 4.26. The van der Waals surface area contributed by atoms with Crippen LogP contribution in [0.1, 0.15) is 38.0 Å². The van der Waals surface area contributed by atoms with Gasteiger partial charge in [-0.1, -0.05) is 6.42 Å². The van der Waals surface area contributed by atoms with Crippen LogP contribution in [0.15, 0.2) is 6.20 Å². The van der Waals surface area contributed by atoms with Crippen molar-refractivity contribution < 1.29 is 9.84 Å². The van der Waals surface area contributed by atoms with Gasteiger partial charge in [0.25, 0.3) is 0 Å². The molecule has 1 aromatic heterocycles. The van der Waals surface area contributed by atoms with Gasteiger partial charge in [0.1, 0.15) is 11.8 Å². The zero-order valence-electron chi connectivity index (χ0n) is 10.4. The van der Waals surface area contributed by atoms with Gasteiger partial charge in [0, 0.05) is 11.8 Å². The van der Waals surface area contributed by atoms with Gasteiger partial charge in [-0.05, 0) is 25.5 Å². The zero-order chi connectivity index (χ0) is 12.3. The lowest BCUT2D eigenvalue weighted by atomic mass is 10.1. The Labute approximate surface area is 106 Å². The minimum Gasteiger partial charge on any atom is -0.493 e. The third-order valence-electron chi connectivity index (χ3n) is 3.21. The average Bonchev–Trinajstić information content (AvgIpc) is 2.81. The SMILES string of the molecule is CCn1ncc(OC)c1C(O)C1CCCCS1. The summed E-state index contributed by atoms with van der Waals surface area (Å²) in [5.74, 6) is 1.84. The van der Waals surface area contributed by atoms with Crippen LogP contribution in [-0.2, 0) is 6.54 Å². The lowest BCUT2D eigenvalue weighted by molar-refractivity contribution is 0.154. The molecule has 17 heavy (non-hydrogen) atoms. The van der Waals surface area contributed by atoms with Gasteiger partial charge < -0.3 is 9.84 Å². The maximum absolute atomic E-state index is 10.5. The predicted molar refractivity (Wildman–Crippen MR) is 69.5 cm³/mol. The average molecular weight is 256 g/mol. The first-order valence-corrected chi connectivity index (χ1v) is 7.22. The van der Waals surface area contributed by atoms with Crippen molar-refractivity contribution >= 4 is 11.8 Å². The number of nitrogens with zero attached hydrogens (tertiary/aromatic N) is 2. The third-order valence-corrected chi connectivity index (χ3v) is 4.66. The lowest BCUT2D eigenvalue weighted by Gasteiger charge is -2.26. The summed E-state index contributed by atoms with van der Waals surface area (Å²) in [5, 5.41) is 15.0. The molecule has 2 rings (SSSR count). The highest BCUT2D eigenvalue weighted by molar-refractivity contribution is 7.99. The number of thioether (sulfide) groups is 1. The van der Waals surface area contributed by atoms with E-state index in [-0.39, 0.29) is 5.25 Å². The molecule has 0 spiro atoms. The van der Waals surface area contributed by atoms with E-state index < -0.39 is 6.10 Å². The summed E-state index contributed by atoms with van der Waals surface area (Å²) in [5.41, 5.74) is 0.828. The van der Waals surface area contributed by atoms with E-state index >= 15 is 0 Å². The van der Waals surface area contributed by atoms with Crippen molar-refractivity contribution in [1.82, 2.24) is 9.78 Å². The first kappa shape index (κ1) is 12.8. The van der Waals surface area contributed by atoms with Gasteiger partial charge in [0.05, 0.1) is 13.3 Å². The molecular formula is C12H20N2O2S. The monoisotopic (exact) mass is 256 g/mol. The smallest absolute Gasteiger partial charge is 0.162 e. The van der Waals surface area contributed by atoms with Crippen LogP contribution in [0.5, 0.6) is 5.75 Å². The van der Waals surface area contributed by atoms with Gasteiger partial charge >= 0.3 is 0 Å². The Balaban J connectivity index is 2.21. The lowest BCUT2D eigenvalue weighted by Crippen LogP contribution is -2.22. The summed E-state index contributed by atoms with van der Waals surface area (Å²) >= 11 is 1.86. The van der Waals surface area contributed by atoms with E-state index in [1.807, 2.05) is 23.4 Å².